The van der Waals surface area contributed by atoms with Crippen LogP contribution in [0.2, 0.25) is 0 Å². The normalized spacial score (nSPS) is 14.1. The van der Waals surface area contributed by atoms with Crippen LogP contribution in [0.3, 0.4) is 0 Å². The molecule has 6 N–H and O–H groups in total. The number of anilines is 2. The molecule has 2 aromatic carbocycles. The lowest BCUT2D eigenvalue weighted by molar-refractivity contribution is 0.00578. The monoisotopic (exact) mass is 724 g/mol. The lowest BCUT2D eigenvalue weighted by Crippen LogP contribution is -2.41. The lowest BCUT2D eigenvalue weighted by atomic mass is 9.78. The quantitative estimate of drug-likeness (QED) is 0.172. The van der Waals surface area contributed by atoms with Gasteiger partial charge in [0.15, 0.2) is 23.0 Å². The number of aryl methyl sites for hydroxylation is 2. The number of nitrogen functional groups attached to an aromatic ring is 2. The number of aromatic hydroxyl groups is 2. The second kappa shape index (κ2) is 15.4. The largest absolute Gasteiger partial charge is 0.508 e. The molecule has 1 aliphatic heterocycles. The van der Waals surface area contributed by atoms with Crippen molar-refractivity contribution in [2.24, 2.45) is 0 Å². The Morgan fingerprint density at radius 1 is 0.792 bits per heavy atom. The minimum atomic E-state index is -0.650. The van der Waals surface area contributed by atoms with Crippen LogP contribution < -0.4 is 16.9 Å². The summed E-state index contributed by atoms with van der Waals surface area (Å²) < 4.78 is 21.3. The Morgan fingerprint density at radius 3 is 1.77 bits per heavy atom. The average Bonchev–Trinajstić information content (AvgIpc) is 3.27. The Balaban J connectivity index is 0.000000200. The fraction of sp³-hybridized carbons (Fsp3) is 0.312. The number of phenols is 2. The zero-order valence-electron chi connectivity index (χ0n) is 27.9. The van der Waals surface area contributed by atoms with Gasteiger partial charge in [0, 0.05) is 5.56 Å². The molecule has 0 aliphatic carbocycles. The molecule has 1 saturated heterocycles. The Morgan fingerprint density at radius 2 is 1.27 bits per heavy atom. The van der Waals surface area contributed by atoms with Crippen LogP contribution in [-0.2, 0) is 18.8 Å². The number of ether oxygens (including phenoxy) is 2. The highest BCUT2D eigenvalue weighted by Crippen LogP contribution is 2.36. The Kier molecular flexibility index (Phi) is 12.1. The molecular formula is C32H38BBrN6O8. The van der Waals surface area contributed by atoms with Gasteiger partial charge in [-0.15, -0.1) is 0 Å². The van der Waals surface area contributed by atoms with E-state index in [1.807, 2.05) is 46.8 Å². The van der Waals surface area contributed by atoms with Crippen LogP contribution >= 0.6 is 15.9 Å². The van der Waals surface area contributed by atoms with Gasteiger partial charge in [0.1, 0.15) is 16.1 Å². The molecule has 2 aromatic heterocycles. The van der Waals surface area contributed by atoms with Crippen molar-refractivity contribution in [3.05, 3.63) is 75.9 Å². The first kappa shape index (κ1) is 37.7. The van der Waals surface area contributed by atoms with Crippen molar-refractivity contribution in [1.82, 2.24) is 19.9 Å². The second-order valence-corrected chi connectivity index (χ2v) is 12.3. The summed E-state index contributed by atoms with van der Waals surface area (Å²) in [6.45, 7) is 11.7. The van der Waals surface area contributed by atoms with Crippen molar-refractivity contribution in [2.45, 2.75) is 52.7 Å². The highest BCUT2D eigenvalue weighted by atomic mass is 79.9. The zero-order valence-corrected chi connectivity index (χ0v) is 29.4. The van der Waals surface area contributed by atoms with Crippen molar-refractivity contribution in [1.29, 1.82) is 0 Å². The Labute approximate surface area is 287 Å². The molecule has 16 heteroatoms. The topological polar surface area (TPSA) is 215 Å². The number of esters is 2. The van der Waals surface area contributed by atoms with Crippen LogP contribution in [0.1, 0.15) is 59.8 Å². The summed E-state index contributed by atoms with van der Waals surface area (Å²) in [6, 6.07) is 10.6. The number of aromatic nitrogens is 4. The predicted molar refractivity (Wildman–Crippen MR) is 184 cm³/mol. The zero-order chi connectivity index (χ0) is 36.0. The highest BCUT2D eigenvalue weighted by molar-refractivity contribution is 9.10. The number of carbonyl (C=O) groups is 2. The van der Waals surface area contributed by atoms with Gasteiger partial charge in [0.25, 0.3) is 0 Å². The SMILES string of the molecule is COC(=O)c1nc(-c2ccc(C)c(O)c2)cnc1N.COC(=O)c1nc(Br)cnc1N.Cc1ccc(B2OC(C)(C)C(C)(C)O2)cc1O. The van der Waals surface area contributed by atoms with Gasteiger partial charge in [-0.2, -0.15) is 0 Å². The number of halogens is 1. The Bertz CT molecular complexity index is 1790. The van der Waals surface area contributed by atoms with Crippen LogP contribution in [-0.4, -0.2) is 74.6 Å². The number of nitrogens with zero attached hydrogens (tertiary/aromatic N) is 4. The van der Waals surface area contributed by atoms with Crippen molar-refractivity contribution in [2.75, 3.05) is 25.7 Å². The molecule has 1 aliphatic rings. The molecule has 0 unspecified atom stereocenters. The molecule has 0 spiro atoms. The van der Waals surface area contributed by atoms with Crippen molar-refractivity contribution >= 4 is 52.1 Å². The maximum Gasteiger partial charge on any atom is 0.494 e. The molecule has 0 bridgehead atoms. The van der Waals surface area contributed by atoms with Gasteiger partial charge >= 0.3 is 19.1 Å². The summed E-state index contributed by atoms with van der Waals surface area (Å²) in [6.07, 6.45) is 2.84. The van der Waals surface area contributed by atoms with Gasteiger partial charge in [0.2, 0.25) is 0 Å². The smallest absolute Gasteiger partial charge is 0.494 e. The number of nitrogens with two attached hydrogens (primary N) is 2. The molecule has 254 valence electrons. The minimum Gasteiger partial charge on any atom is -0.508 e. The third-order valence-corrected chi connectivity index (χ3v) is 7.98. The van der Waals surface area contributed by atoms with Crippen LogP contribution in [0.25, 0.3) is 11.3 Å². The number of benzene rings is 2. The van der Waals surface area contributed by atoms with Crippen molar-refractivity contribution < 1.29 is 38.6 Å². The minimum absolute atomic E-state index is 0.00642. The number of methoxy groups -OCH3 is 2. The summed E-state index contributed by atoms with van der Waals surface area (Å²) in [5, 5.41) is 19.4. The van der Waals surface area contributed by atoms with E-state index in [1.165, 1.54) is 26.6 Å². The number of phenolic OH excluding ortho intramolecular Hbond substituents is 2. The summed E-state index contributed by atoms with van der Waals surface area (Å²) in [7, 11) is 2.09. The van der Waals surface area contributed by atoms with Crippen LogP contribution in [0.4, 0.5) is 11.6 Å². The summed E-state index contributed by atoms with van der Waals surface area (Å²) in [5.74, 6) is -0.755. The van der Waals surface area contributed by atoms with E-state index in [2.05, 4.69) is 45.3 Å². The molecule has 0 radical (unpaired) electrons. The maximum atomic E-state index is 11.5. The van der Waals surface area contributed by atoms with Gasteiger partial charge < -0.3 is 40.5 Å². The van der Waals surface area contributed by atoms with E-state index in [9.17, 15) is 19.8 Å². The fourth-order valence-corrected chi connectivity index (χ4v) is 4.21. The first-order chi connectivity index (χ1) is 22.4. The third-order valence-electron chi connectivity index (χ3n) is 7.59. The van der Waals surface area contributed by atoms with E-state index in [1.54, 1.807) is 31.2 Å². The van der Waals surface area contributed by atoms with E-state index >= 15 is 0 Å². The molecule has 0 amide bonds. The van der Waals surface area contributed by atoms with Gasteiger partial charge in [-0.1, -0.05) is 24.3 Å². The third kappa shape index (κ3) is 8.96. The molecule has 0 saturated carbocycles. The fourth-order valence-electron chi connectivity index (χ4n) is 3.93. The average molecular weight is 725 g/mol. The van der Waals surface area contributed by atoms with Gasteiger partial charge in [-0.25, -0.2) is 29.5 Å². The van der Waals surface area contributed by atoms with E-state index in [4.69, 9.17) is 20.8 Å². The molecule has 5 rings (SSSR count). The van der Waals surface area contributed by atoms with Crippen molar-refractivity contribution in [3.8, 4) is 22.8 Å². The predicted octanol–water partition coefficient (Wildman–Crippen LogP) is 4.13. The molecule has 0 atom stereocenters. The number of hydrogen-bond donors (Lipinski definition) is 4. The number of carbonyl (C=O) groups excluding carboxylic acids is 2. The van der Waals surface area contributed by atoms with Crippen molar-refractivity contribution in [3.63, 3.8) is 0 Å². The van der Waals surface area contributed by atoms with E-state index in [0.29, 0.717) is 15.9 Å². The molecule has 3 heterocycles. The van der Waals surface area contributed by atoms with Gasteiger partial charge in [0.05, 0.1) is 43.5 Å². The lowest BCUT2D eigenvalue weighted by Gasteiger charge is -2.32. The maximum absolute atomic E-state index is 11.5. The highest BCUT2D eigenvalue weighted by Gasteiger charge is 2.51. The number of hydrogen-bond acceptors (Lipinski definition) is 14. The molecule has 4 aromatic rings. The molecule has 14 nitrogen and oxygen atoms in total. The van der Waals surface area contributed by atoms with E-state index in [-0.39, 0.29) is 45.7 Å². The van der Waals surface area contributed by atoms with Crippen LogP contribution in [0.5, 0.6) is 11.5 Å². The summed E-state index contributed by atoms with van der Waals surface area (Å²) in [4.78, 5) is 38.0. The first-order valence-electron chi connectivity index (χ1n) is 14.4. The van der Waals surface area contributed by atoms with Gasteiger partial charge in [-0.3, -0.25) is 0 Å². The Hall–Kier alpha value is -4.80. The molecule has 48 heavy (non-hydrogen) atoms. The van der Waals surface area contributed by atoms with Gasteiger partial charge in [-0.05, 0) is 86.2 Å². The van der Waals surface area contributed by atoms with Crippen LogP contribution in [0, 0.1) is 13.8 Å². The molecule has 1 fully saturated rings. The standard InChI is InChI=1S/C13H19BO3.C13H13N3O3.C6H6BrN3O2/c1-9-6-7-10(8-11(9)15)14-16-12(2,3)13(4,5)17-14;1-7-3-4-8(5-10(7)17)9-6-15-12(14)11(16-9)13(18)19-2;1-12-6(11)4-5(8)9-2-3(7)10-4/h6-8,15H,1-5H3;3-6,17H,1-2H3,(H2,14,15);2H,1H3,(H2,8,9). The summed E-state index contributed by atoms with van der Waals surface area (Å²) >= 11 is 3.06. The molecular weight excluding hydrogens is 687 g/mol. The summed E-state index contributed by atoms with van der Waals surface area (Å²) in [5.41, 5.74) is 13.8. The second-order valence-electron chi connectivity index (χ2n) is 11.5. The first-order valence-corrected chi connectivity index (χ1v) is 15.2. The van der Waals surface area contributed by atoms with E-state index < -0.39 is 19.1 Å². The van der Waals surface area contributed by atoms with E-state index in [0.717, 1.165) is 16.6 Å². The van der Waals surface area contributed by atoms with Crippen LogP contribution in [0.15, 0.2) is 53.4 Å². The number of rotatable bonds is 4.